The average Bonchev–Trinajstić information content (AvgIpc) is 2.79. The van der Waals surface area contributed by atoms with Crippen LogP contribution in [0.15, 0.2) is 23.0 Å². The Morgan fingerprint density at radius 3 is 2.65 bits per heavy atom. The molecule has 2 N–H and O–H groups in total. The predicted octanol–water partition coefficient (Wildman–Crippen LogP) is 1.38. The zero-order valence-electron chi connectivity index (χ0n) is 13.5. The first kappa shape index (κ1) is 17.0. The summed E-state index contributed by atoms with van der Waals surface area (Å²) in [5, 5.41) is 9.59. The minimum Gasteiger partial charge on any atom is -0.504 e. The van der Waals surface area contributed by atoms with E-state index in [1.807, 2.05) is 20.8 Å². The van der Waals surface area contributed by atoms with Gasteiger partial charge in [0, 0.05) is 11.5 Å². The number of carbonyl (C=O) groups is 1. The van der Waals surface area contributed by atoms with Crippen LogP contribution in [0.1, 0.15) is 26.3 Å². The van der Waals surface area contributed by atoms with Gasteiger partial charge in [-0.1, -0.05) is 26.8 Å². The van der Waals surface area contributed by atoms with Crippen molar-refractivity contribution in [1.29, 1.82) is 0 Å². The lowest BCUT2D eigenvalue weighted by atomic mass is 9.91. The van der Waals surface area contributed by atoms with E-state index in [9.17, 15) is 14.7 Å². The molecule has 0 aliphatic heterocycles. The minimum absolute atomic E-state index is 0.0366. The molecular weight excluding hydrogens is 314 g/mol. The van der Waals surface area contributed by atoms with E-state index >= 15 is 0 Å². The first-order valence-corrected chi connectivity index (χ1v) is 7.86. The van der Waals surface area contributed by atoms with Crippen molar-refractivity contribution in [3.05, 3.63) is 43.3 Å². The number of phenols is 1. The Kier molecular flexibility index (Phi) is 4.75. The van der Waals surface area contributed by atoms with Gasteiger partial charge in [0.2, 0.25) is 0 Å². The van der Waals surface area contributed by atoms with Crippen molar-refractivity contribution in [1.82, 2.24) is 4.98 Å². The number of ketones is 1. The number of aromatic amines is 1. The number of nitrogens with one attached hydrogen (secondary N) is 1. The maximum Gasteiger partial charge on any atom is 0.266 e. The fourth-order valence-electron chi connectivity index (χ4n) is 1.80. The van der Waals surface area contributed by atoms with Crippen LogP contribution in [-0.2, 0) is 4.79 Å². The number of H-pyrrole nitrogens is 1. The third-order valence-electron chi connectivity index (χ3n) is 3.18. The number of rotatable bonds is 3. The molecule has 0 spiro atoms. The summed E-state index contributed by atoms with van der Waals surface area (Å²) in [4.78, 5) is 26.7. The second-order valence-electron chi connectivity index (χ2n) is 6.12. The zero-order valence-corrected chi connectivity index (χ0v) is 14.3. The predicted molar refractivity (Wildman–Crippen MR) is 91.3 cm³/mol. The molecule has 2 rings (SSSR count). The lowest BCUT2D eigenvalue weighted by Crippen LogP contribution is -2.22. The van der Waals surface area contributed by atoms with Crippen LogP contribution in [0.3, 0.4) is 0 Å². The molecule has 0 fully saturated rings. The normalized spacial score (nSPS) is 13.4. The Morgan fingerprint density at radius 2 is 2.04 bits per heavy atom. The molecular formula is C17H19NO4S. The van der Waals surface area contributed by atoms with Crippen molar-refractivity contribution in [3.63, 3.8) is 0 Å². The number of thiazole rings is 1. The van der Waals surface area contributed by atoms with Crippen LogP contribution in [0.2, 0.25) is 0 Å². The van der Waals surface area contributed by atoms with Gasteiger partial charge in [0.1, 0.15) is 0 Å². The van der Waals surface area contributed by atoms with Gasteiger partial charge in [-0.25, -0.2) is 0 Å². The van der Waals surface area contributed by atoms with E-state index in [0.29, 0.717) is 14.9 Å². The minimum atomic E-state index is -0.491. The van der Waals surface area contributed by atoms with Crippen LogP contribution >= 0.6 is 11.3 Å². The molecule has 1 aromatic carbocycles. The molecule has 6 heteroatoms. The van der Waals surface area contributed by atoms with Gasteiger partial charge in [0.15, 0.2) is 17.3 Å². The van der Waals surface area contributed by atoms with Gasteiger partial charge in [0.25, 0.3) is 5.56 Å². The standard InChI is InChI=1S/C17H19NO4S/c1-17(2,3)14(20)9-15-18-16(21)13(23-15)8-10-5-6-11(19)12(7-10)22-4/h5-9,19H,1-4H3,(H,18,21). The number of aromatic nitrogens is 1. The molecule has 0 aliphatic rings. The number of aromatic hydroxyl groups is 1. The van der Waals surface area contributed by atoms with E-state index in [-0.39, 0.29) is 17.1 Å². The molecule has 0 saturated heterocycles. The lowest BCUT2D eigenvalue weighted by molar-refractivity contribution is -0.119. The van der Waals surface area contributed by atoms with Crippen LogP contribution in [0.25, 0.3) is 12.2 Å². The van der Waals surface area contributed by atoms with E-state index in [1.165, 1.54) is 30.6 Å². The summed E-state index contributed by atoms with van der Waals surface area (Å²) in [7, 11) is 1.46. The van der Waals surface area contributed by atoms with Gasteiger partial charge >= 0.3 is 0 Å². The van der Waals surface area contributed by atoms with Gasteiger partial charge < -0.3 is 14.8 Å². The first-order valence-electron chi connectivity index (χ1n) is 7.05. The number of benzene rings is 1. The summed E-state index contributed by atoms with van der Waals surface area (Å²) in [6, 6.07) is 4.82. The SMILES string of the molecule is COc1cc(C=c2sc(=CC(=O)C(C)(C)C)[nH]c2=O)ccc1O. The summed E-state index contributed by atoms with van der Waals surface area (Å²) >= 11 is 1.21. The Labute approximate surface area is 137 Å². The summed E-state index contributed by atoms with van der Waals surface area (Å²) in [5.74, 6) is 0.323. The number of ether oxygens (including phenoxy) is 1. The van der Waals surface area contributed by atoms with Crippen LogP contribution in [0.4, 0.5) is 0 Å². The van der Waals surface area contributed by atoms with Crippen molar-refractivity contribution >= 4 is 29.3 Å². The fourth-order valence-corrected chi connectivity index (χ4v) is 2.68. The van der Waals surface area contributed by atoms with Crippen LogP contribution < -0.4 is 19.5 Å². The number of hydrogen-bond acceptors (Lipinski definition) is 5. The average molecular weight is 333 g/mol. The molecule has 0 atom stereocenters. The van der Waals surface area contributed by atoms with Crippen LogP contribution in [0, 0.1) is 5.41 Å². The van der Waals surface area contributed by atoms with Gasteiger partial charge in [0.05, 0.1) is 16.3 Å². The number of methoxy groups -OCH3 is 1. The summed E-state index contributed by atoms with van der Waals surface area (Å²) in [5.41, 5.74) is -0.0228. The molecule has 5 nitrogen and oxygen atoms in total. The largest absolute Gasteiger partial charge is 0.504 e. The molecule has 0 unspecified atom stereocenters. The summed E-state index contributed by atoms with van der Waals surface area (Å²) < 4.78 is 6.04. The number of Topliss-reactive ketones (excluding diaryl/α,β-unsaturated/α-hetero) is 1. The molecule has 1 heterocycles. The van der Waals surface area contributed by atoms with Gasteiger partial charge in [-0.15, -0.1) is 11.3 Å². The molecule has 0 amide bonds. The van der Waals surface area contributed by atoms with Crippen molar-refractivity contribution in [2.45, 2.75) is 20.8 Å². The quantitative estimate of drug-likeness (QED) is 0.889. The second-order valence-corrected chi connectivity index (χ2v) is 7.20. The highest BCUT2D eigenvalue weighted by atomic mass is 32.1. The van der Waals surface area contributed by atoms with Gasteiger partial charge in [-0.05, 0) is 23.8 Å². The van der Waals surface area contributed by atoms with Crippen molar-refractivity contribution in [2.24, 2.45) is 5.41 Å². The van der Waals surface area contributed by atoms with E-state index in [4.69, 9.17) is 4.74 Å². The molecule has 23 heavy (non-hydrogen) atoms. The molecule has 0 aliphatic carbocycles. The van der Waals surface area contributed by atoms with E-state index in [1.54, 1.807) is 18.2 Å². The first-order chi connectivity index (χ1) is 10.7. The van der Waals surface area contributed by atoms with E-state index < -0.39 is 5.41 Å². The molecule has 0 bridgehead atoms. The maximum absolute atomic E-state index is 12.0. The highest BCUT2D eigenvalue weighted by molar-refractivity contribution is 7.07. The Morgan fingerprint density at radius 1 is 1.35 bits per heavy atom. The Balaban J connectivity index is 2.48. The van der Waals surface area contributed by atoms with Crippen molar-refractivity contribution in [3.8, 4) is 11.5 Å². The molecule has 0 saturated carbocycles. The summed E-state index contributed by atoms with van der Waals surface area (Å²) in [6.45, 7) is 5.48. The van der Waals surface area contributed by atoms with Gasteiger partial charge in [-0.2, -0.15) is 0 Å². The maximum atomic E-state index is 12.0. The molecule has 122 valence electrons. The molecule has 2 aromatic rings. The van der Waals surface area contributed by atoms with Crippen molar-refractivity contribution < 1.29 is 14.6 Å². The van der Waals surface area contributed by atoms with Crippen LogP contribution in [0.5, 0.6) is 11.5 Å². The monoisotopic (exact) mass is 333 g/mol. The summed E-state index contributed by atoms with van der Waals surface area (Å²) in [6.07, 6.45) is 3.14. The van der Waals surface area contributed by atoms with Crippen LogP contribution in [-0.4, -0.2) is 23.0 Å². The van der Waals surface area contributed by atoms with Gasteiger partial charge in [-0.3, -0.25) is 9.59 Å². The molecule has 0 radical (unpaired) electrons. The highest BCUT2D eigenvalue weighted by Gasteiger charge is 2.18. The Bertz CT molecular complexity index is 900. The third-order valence-corrected chi connectivity index (χ3v) is 4.15. The molecule has 1 aromatic heterocycles. The van der Waals surface area contributed by atoms with Crippen molar-refractivity contribution in [2.75, 3.05) is 7.11 Å². The third kappa shape index (κ3) is 4.10. The van der Waals surface area contributed by atoms with E-state index in [2.05, 4.69) is 4.98 Å². The zero-order chi connectivity index (χ0) is 17.2. The number of phenolic OH excluding ortho intramolecular Hbond substituents is 1. The fraction of sp³-hybridized carbons (Fsp3) is 0.294. The lowest BCUT2D eigenvalue weighted by Gasteiger charge is -2.12. The number of hydrogen-bond donors (Lipinski definition) is 2. The smallest absolute Gasteiger partial charge is 0.266 e. The number of carbonyl (C=O) groups excluding carboxylic acids is 1. The highest BCUT2D eigenvalue weighted by Crippen LogP contribution is 2.26. The topological polar surface area (TPSA) is 79.4 Å². The Hall–Kier alpha value is -2.34. The van der Waals surface area contributed by atoms with E-state index in [0.717, 1.165) is 5.56 Å². The second kappa shape index (κ2) is 6.42.